The van der Waals surface area contributed by atoms with E-state index >= 15 is 0 Å². The van der Waals surface area contributed by atoms with Crippen molar-refractivity contribution in [3.63, 3.8) is 0 Å². The Labute approximate surface area is 163 Å². The Bertz CT molecular complexity index is 928. The van der Waals surface area contributed by atoms with E-state index in [1.54, 1.807) is 24.5 Å². The van der Waals surface area contributed by atoms with Crippen LogP contribution in [0.2, 0.25) is 0 Å². The number of benzene rings is 2. The van der Waals surface area contributed by atoms with Gasteiger partial charge in [-0.2, -0.15) is 5.10 Å². The number of ether oxygens (including phenoxy) is 2. The van der Waals surface area contributed by atoms with E-state index in [1.807, 2.05) is 55.5 Å². The molecule has 3 rings (SSSR count). The molecule has 0 aliphatic rings. The number of rotatable bonds is 8. The van der Waals surface area contributed by atoms with Gasteiger partial charge in [0.25, 0.3) is 5.91 Å². The van der Waals surface area contributed by atoms with Crippen molar-refractivity contribution in [2.45, 2.75) is 13.5 Å². The van der Waals surface area contributed by atoms with Crippen LogP contribution in [-0.2, 0) is 6.61 Å². The number of hydrogen-bond donors (Lipinski definition) is 1. The Hall–Kier alpha value is -3.67. The summed E-state index contributed by atoms with van der Waals surface area (Å²) in [6, 6.07) is 18.8. The largest absolute Gasteiger partial charge is 0.490 e. The average molecular weight is 375 g/mol. The summed E-state index contributed by atoms with van der Waals surface area (Å²) in [6.45, 7) is 2.88. The van der Waals surface area contributed by atoms with Gasteiger partial charge in [-0.3, -0.25) is 9.78 Å². The SMILES string of the molecule is CCOc1cc(C=NNC(=O)c2cccnc2)ccc1OCc1ccccc1. The number of amides is 1. The monoisotopic (exact) mass is 375 g/mol. The predicted octanol–water partition coefficient (Wildman–Crippen LogP) is 3.82. The van der Waals surface area contributed by atoms with Crippen molar-refractivity contribution < 1.29 is 14.3 Å². The lowest BCUT2D eigenvalue weighted by Gasteiger charge is -2.12. The van der Waals surface area contributed by atoms with Crippen molar-refractivity contribution >= 4 is 12.1 Å². The van der Waals surface area contributed by atoms with E-state index in [4.69, 9.17) is 9.47 Å². The van der Waals surface area contributed by atoms with Crippen LogP contribution in [-0.4, -0.2) is 23.7 Å². The van der Waals surface area contributed by atoms with Crippen molar-refractivity contribution in [1.82, 2.24) is 10.4 Å². The molecule has 0 bridgehead atoms. The van der Waals surface area contributed by atoms with Crippen LogP contribution in [0.1, 0.15) is 28.4 Å². The van der Waals surface area contributed by atoms with Crippen LogP contribution in [0.25, 0.3) is 0 Å². The third kappa shape index (κ3) is 5.41. The van der Waals surface area contributed by atoms with Gasteiger partial charge in [-0.15, -0.1) is 0 Å². The molecule has 0 spiro atoms. The van der Waals surface area contributed by atoms with Gasteiger partial charge in [0.05, 0.1) is 18.4 Å². The number of pyridine rings is 1. The Morgan fingerprint density at radius 2 is 1.93 bits per heavy atom. The summed E-state index contributed by atoms with van der Waals surface area (Å²) in [5, 5.41) is 3.99. The molecule has 0 radical (unpaired) electrons. The average Bonchev–Trinajstić information content (AvgIpc) is 2.75. The van der Waals surface area contributed by atoms with E-state index in [2.05, 4.69) is 15.5 Å². The van der Waals surface area contributed by atoms with Gasteiger partial charge < -0.3 is 9.47 Å². The Balaban J connectivity index is 1.65. The van der Waals surface area contributed by atoms with E-state index < -0.39 is 0 Å². The molecule has 0 saturated carbocycles. The maximum Gasteiger partial charge on any atom is 0.272 e. The van der Waals surface area contributed by atoms with Crippen LogP contribution in [0, 0.1) is 0 Å². The molecule has 0 atom stereocenters. The third-order valence-corrected chi connectivity index (χ3v) is 3.81. The maximum atomic E-state index is 12.0. The maximum absolute atomic E-state index is 12.0. The molecule has 1 aromatic heterocycles. The molecule has 1 amide bonds. The van der Waals surface area contributed by atoms with Crippen LogP contribution < -0.4 is 14.9 Å². The highest BCUT2D eigenvalue weighted by atomic mass is 16.5. The quantitative estimate of drug-likeness (QED) is 0.480. The fraction of sp³-hybridized carbons (Fsp3) is 0.136. The lowest BCUT2D eigenvalue weighted by molar-refractivity contribution is 0.0955. The first-order valence-corrected chi connectivity index (χ1v) is 8.93. The van der Waals surface area contributed by atoms with Gasteiger partial charge in [0.2, 0.25) is 0 Å². The van der Waals surface area contributed by atoms with Gasteiger partial charge in [0.1, 0.15) is 6.61 Å². The zero-order chi connectivity index (χ0) is 19.6. The molecule has 6 nitrogen and oxygen atoms in total. The first-order chi connectivity index (χ1) is 13.8. The van der Waals surface area contributed by atoms with Crippen LogP contribution in [0.15, 0.2) is 78.2 Å². The second-order valence-electron chi connectivity index (χ2n) is 5.85. The number of carbonyl (C=O) groups is 1. The second-order valence-corrected chi connectivity index (χ2v) is 5.85. The summed E-state index contributed by atoms with van der Waals surface area (Å²) in [6.07, 6.45) is 4.64. The highest BCUT2D eigenvalue weighted by Gasteiger charge is 2.07. The van der Waals surface area contributed by atoms with Gasteiger partial charge in [0.15, 0.2) is 11.5 Å². The lowest BCUT2D eigenvalue weighted by atomic mass is 10.2. The summed E-state index contributed by atoms with van der Waals surface area (Å²) >= 11 is 0. The number of aromatic nitrogens is 1. The fourth-order valence-corrected chi connectivity index (χ4v) is 2.45. The zero-order valence-corrected chi connectivity index (χ0v) is 15.5. The van der Waals surface area contributed by atoms with E-state index in [-0.39, 0.29) is 5.91 Å². The highest BCUT2D eigenvalue weighted by molar-refractivity contribution is 5.94. The van der Waals surface area contributed by atoms with E-state index in [0.717, 1.165) is 11.1 Å². The minimum absolute atomic E-state index is 0.322. The molecule has 2 aromatic carbocycles. The molecule has 0 aliphatic heterocycles. The summed E-state index contributed by atoms with van der Waals surface area (Å²) in [4.78, 5) is 15.9. The number of nitrogens with one attached hydrogen (secondary N) is 1. The smallest absolute Gasteiger partial charge is 0.272 e. The number of hydrazone groups is 1. The molecular weight excluding hydrogens is 354 g/mol. The first-order valence-electron chi connectivity index (χ1n) is 8.93. The Kier molecular flexibility index (Phi) is 6.73. The van der Waals surface area contributed by atoms with Gasteiger partial charge >= 0.3 is 0 Å². The highest BCUT2D eigenvalue weighted by Crippen LogP contribution is 2.28. The molecular formula is C22H21N3O3. The topological polar surface area (TPSA) is 72.8 Å². The first kappa shape index (κ1) is 19.1. The number of carbonyl (C=O) groups excluding carboxylic acids is 1. The molecule has 142 valence electrons. The zero-order valence-electron chi connectivity index (χ0n) is 15.5. The van der Waals surface area contributed by atoms with Crippen LogP contribution >= 0.6 is 0 Å². The molecule has 3 aromatic rings. The molecule has 0 unspecified atom stereocenters. The van der Waals surface area contributed by atoms with Crippen molar-refractivity contribution in [3.05, 3.63) is 89.7 Å². The number of hydrogen-bond acceptors (Lipinski definition) is 5. The molecule has 28 heavy (non-hydrogen) atoms. The van der Waals surface area contributed by atoms with Crippen LogP contribution in [0.3, 0.4) is 0 Å². The van der Waals surface area contributed by atoms with E-state index in [9.17, 15) is 4.79 Å². The van der Waals surface area contributed by atoms with Gasteiger partial charge in [0, 0.05) is 12.4 Å². The summed E-state index contributed by atoms with van der Waals surface area (Å²) in [7, 11) is 0. The van der Waals surface area contributed by atoms with Gasteiger partial charge in [-0.05, 0) is 48.4 Å². The number of nitrogens with zero attached hydrogens (tertiary/aromatic N) is 2. The minimum Gasteiger partial charge on any atom is -0.490 e. The standard InChI is InChI=1S/C22H21N3O3/c1-2-27-21-13-18(14-24-25-22(26)19-9-6-12-23-15-19)10-11-20(21)28-16-17-7-4-3-5-8-17/h3-15H,2,16H2,1H3,(H,25,26). The predicted molar refractivity (Wildman–Crippen MR) is 108 cm³/mol. The lowest BCUT2D eigenvalue weighted by Crippen LogP contribution is -2.17. The summed E-state index contributed by atoms with van der Waals surface area (Å²) in [5.74, 6) is 0.959. The molecule has 1 heterocycles. The molecule has 1 N–H and O–H groups in total. The van der Waals surface area contributed by atoms with Crippen molar-refractivity contribution in [2.24, 2.45) is 5.10 Å². The van der Waals surface area contributed by atoms with Crippen molar-refractivity contribution in [2.75, 3.05) is 6.61 Å². The van der Waals surface area contributed by atoms with Crippen molar-refractivity contribution in [1.29, 1.82) is 0 Å². The van der Waals surface area contributed by atoms with E-state index in [0.29, 0.717) is 30.3 Å². The summed E-state index contributed by atoms with van der Waals surface area (Å²) in [5.41, 5.74) is 4.78. The van der Waals surface area contributed by atoms with Crippen molar-refractivity contribution in [3.8, 4) is 11.5 Å². The van der Waals surface area contributed by atoms with Crippen LogP contribution in [0.4, 0.5) is 0 Å². The third-order valence-electron chi connectivity index (χ3n) is 3.81. The van der Waals surface area contributed by atoms with Gasteiger partial charge in [-0.1, -0.05) is 30.3 Å². The Morgan fingerprint density at radius 1 is 1.07 bits per heavy atom. The summed E-state index contributed by atoms with van der Waals surface area (Å²) < 4.78 is 11.6. The molecule has 0 aliphatic carbocycles. The minimum atomic E-state index is -0.322. The molecule has 0 fully saturated rings. The van der Waals surface area contributed by atoms with E-state index in [1.165, 1.54) is 6.20 Å². The molecule has 6 heteroatoms. The van der Waals surface area contributed by atoms with Crippen LogP contribution in [0.5, 0.6) is 11.5 Å². The normalized spacial score (nSPS) is 10.6. The molecule has 0 saturated heterocycles. The fourth-order valence-electron chi connectivity index (χ4n) is 2.45. The Morgan fingerprint density at radius 3 is 2.68 bits per heavy atom. The van der Waals surface area contributed by atoms with Gasteiger partial charge in [-0.25, -0.2) is 5.43 Å². The second kappa shape index (κ2) is 9.87.